The number of nitrogens with one attached hydrogen (secondary N) is 1. The van der Waals surface area contributed by atoms with E-state index in [1.54, 1.807) is 24.3 Å². The standard InChI is InChI=1S/C32H37NO5S/c1-31(2,3)23-12-15-25(16-13-23)39(35,36)33-29(34)20-24-14-17-27-30(37-24)26-19-22(21-9-7-6-8-10-21)11-18-28(26)38-32(27,4)5/h6-13,15-16,18-19,24,27,30H,14,17,20H2,1-5H3,(H,33,34)/t24-,27+,30-/m0/s1. The molecule has 5 rings (SSSR count). The van der Waals surface area contributed by atoms with Gasteiger partial charge in [-0.3, -0.25) is 4.79 Å². The fourth-order valence-corrected chi connectivity index (χ4v) is 6.66. The van der Waals surface area contributed by atoms with Crippen LogP contribution < -0.4 is 9.46 Å². The molecule has 7 heteroatoms. The van der Waals surface area contributed by atoms with Crippen LogP contribution in [-0.4, -0.2) is 26.0 Å². The van der Waals surface area contributed by atoms with Gasteiger partial charge in [-0.25, -0.2) is 13.1 Å². The lowest BCUT2D eigenvalue weighted by Crippen LogP contribution is -2.49. The maximum atomic E-state index is 12.9. The Kier molecular flexibility index (Phi) is 7.10. The molecule has 6 nitrogen and oxygen atoms in total. The van der Waals surface area contributed by atoms with Crippen LogP contribution in [0.4, 0.5) is 0 Å². The van der Waals surface area contributed by atoms with E-state index >= 15 is 0 Å². The third-order valence-corrected chi connectivity index (χ3v) is 9.27. The number of fused-ring (bicyclic) bond motifs is 3. The average molecular weight is 548 g/mol. The van der Waals surface area contributed by atoms with E-state index in [0.717, 1.165) is 34.4 Å². The molecule has 1 fully saturated rings. The highest BCUT2D eigenvalue weighted by molar-refractivity contribution is 7.90. The molecule has 0 unspecified atom stereocenters. The second-order valence-electron chi connectivity index (χ2n) is 12.2. The van der Waals surface area contributed by atoms with Gasteiger partial charge < -0.3 is 9.47 Å². The molecule has 0 bridgehead atoms. The number of ether oxygens (including phenoxy) is 2. The van der Waals surface area contributed by atoms with E-state index in [4.69, 9.17) is 9.47 Å². The Bertz CT molecular complexity index is 1460. The number of sulfonamides is 1. The zero-order valence-electron chi connectivity index (χ0n) is 23.2. The van der Waals surface area contributed by atoms with Crippen molar-refractivity contribution in [1.82, 2.24) is 4.72 Å². The summed E-state index contributed by atoms with van der Waals surface area (Å²) in [4.78, 5) is 13.0. The summed E-state index contributed by atoms with van der Waals surface area (Å²) in [6, 6.07) is 23.0. The molecule has 0 spiro atoms. The fraction of sp³-hybridized carbons (Fsp3) is 0.406. The van der Waals surface area contributed by atoms with Crippen molar-refractivity contribution in [3.8, 4) is 16.9 Å². The SMILES string of the molecule is CC(C)(C)c1ccc(S(=O)(=O)NC(=O)C[C@@H]2CC[C@@H]3[C@@H](O2)c2cc(-c4ccccc4)ccc2OC3(C)C)cc1. The van der Waals surface area contributed by atoms with Crippen molar-refractivity contribution in [3.63, 3.8) is 0 Å². The van der Waals surface area contributed by atoms with E-state index in [1.165, 1.54) is 0 Å². The number of hydrogen-bond acceptors (Lipinski definition) is 5. The van der Waals surface area contributed by atoms with Crippen molar-refractivity contribution in [2.75, 3.05) is 0 Å². The first kappa shape index (κ1) is 27.4. The first-order valence-corrected chi connectivity index (χ1v) is 15.0. The van der Waals surface area contributed by atoms with Gasteiger partial charge in [0.05, 0.1) is 23.5 Å². The number of hydrogen-bond donors (Lipinski definition) is 1. The Labute approximate surface area is 231 Å². The van der Waals surface area contributed by atoms with Crippen LogP contribution >= 0.6 is 0 Å². The largest absolute Gasteiger partial charge is 0.487 e. The number of amides is 1. The van der Waals surface area contributed by atoms with E-state index in [-0.39, 0.29) is 28.8 Å². The molecule has 3 aromatic rings. The predicted octanol–water partition coefficient (Wildman–Crippen LogP) is 6.55. The van der Waals surface area contributed by atoms with Crippen molar-refractivity contribution >= 4 is 15.9 Å². The van der Waals surface area contributed by atoms with Crippen LogP contribution in [0.5, 0.6) is 5.75 Å². The second kappa shape index (κ2) is 10.1. The van der Waals surface area contributed by atoms with Crippen LogP contribution in [-0.2, 0) is 25.0 Å². The Balaban J connectivity index is 1.32. The first-order valence-electron chi connectivity index (χ1n) is 13.5. The minimum Gasteiger partial charge on any atom is -0.487 e. The third kappa shape index (κ3) is 5.75. The highest BCUT2D eigenvalue weighted by atomic mass is 32.2. The lowest BCUT2D eigenvalue weighted by Gasteiger charge is -2.48. The Morgan fingerprint density at radius 1 is 0.949 bits per heavy atom. The zero-order valence-corrected chi connectivity index (χ0v) is 24.0. The summed E-state index contributed by atoms with van der Waals surface area (Å²) in [5, 5.41) is 0. The molecule has 39 heavy (non-hydrogen) atoms. The van der Waals surface area contributed by atoms with Crippen molar-refractivity contribution in [1.29, 1.82) is 0 Å². The Morgan fingerprint density at radius 2 is 1.64 bits per heavy atom. The molecule has 0 radical (unpaired) electrons. The van der Waals surface area contributed by atoms with Crippen LogP contribution in [0.3, 0.4) is 0 Å². The van der Waals surface area contributed by atoms with E-state index in [9.17, 15) is 13.2 Å². The summed E-state index contributed by atoms with van der Waals surface area (Å²) < 4.78 is 41.0. The Hall–Kier alpha value is -3.16. The maximum Gasteiger partial charge on any atom is 0.264 e. The summed E-state index contributed by atoms with van der Waals surface area (Å²) in [5.74, 6) is 0.329. The van der Waals surface area contributed by atoms with Crippen LogP contribution in [0.2, 0.25) is 0 Å². The molecular weight excluding hydrogens is 510 g/mol. The predicted molar refractivity (Wildman–Crippen MR) is 152 cm³/mol. The molecule has 1 saturated heterocycles. The topological polar surface area (TPSA) is 81.7 Å². The summed E-state index contributed by atoms with van der Waals surface area (Å²) in [7, 11) is -3.97. The van der Waals surface area contributed by atoms with Gasteiger partial charge in [-0.2, -0.15) is 0 Å². The fourth-order valence-electron chi connectivity index (χ4n) is 5.66. The molecule has 1 amide bonds. The number of rotatable bonds is 5. The van der Waals surface area contributed by atoms with Crippen LogP contribution in [0, 0.1) is 5.92 Å². The zero-order chi connectivity index (χ0) is 28.0. The number of benzene rings is 3. The lowest BCUT2D eigenvalue weighted by atomic mass is 9.74. The van der Waals surface area contributed by atoms with Gasteiger partial charge in [-0.15, -0.1) is 0 Å². The minimum absolute atomic E-state index is 0.0302. The summed E-state index contributed by atoms with van der Waals surface area (Å²) >= 11 is 0. The first-order chi connectivity index (χ1) is 18.3. The van der Waals surface area contributed by atoms with E-state index in [1.807, 2.05) is 24.3 Å². The molecule has 2 aliphatic rings. The Morgan fingerprint density at radius 3 is 2.31 bits per heavy atom. The van der Waals surface area contributed by atoms with Crippen molar-refractivity contribution < 1.29 is 22.7 Å². The molecular formula is C32H37NO5S. The van der Waals surface area contributed by atoms with Gasteiger partial charge in [0.1, 0.15) is 11.4 Å². The van der Waals surface area contributed by atoms with Gasteiger partial charge in [-0.1, -0.05) is 69.3 Å². The van der Waals surface area contributed by atoms with E-state index in [2.05, 4.69) is 63.6 Å². The normalized spacial score (nSPS) is 22.2. The minimum atomic E-state index is -3.97. The molecule has 1 N–H and O–H groups in total. The van der Waals surface area contributed by atoms with Gasteiger partial charge in [0.25, 0.3) is 10.0 Å². The highest BCUT2D eigenvalue weighted by Gasteiger charge is 2.47. The summed E-state index contributed by atoms with van der Waals surface area (Å²) in [5.41, 5.74) is 3.64. The van der Waals surface area contributed by atoms with Gasteiger partial charge in [0.15, 0.2) is 0 Å². The monoisotopic (exact) mass is 547 g/mol. The average Bonchev–Trinajstić information content (AvgIpc) is 2.88. The summed E-state index contributed by atoms with van der Waals surface area (Å²) in [6.45, 7) is 10.3. The molecule has 0 saturated carbocycles. The molecule has 2 heterocycles. The molecule has 0 aromatic heterocycles. The van der Waals surface area contributed by atoms with Gasteiger partial charge in [-0.05, 0) is 73.1 Å². The molecule has 3 aromatic carbocycles. The quantitative estimate of drug-likeness (QED) is 0.392. The second-order valence-corrected chi connectivity index (χ2v) is 13.9. The van der Waals surface area contributed by atoms with Crippen molar-refractivity contribution in [2.24, 2.45) is 5.92 Å². The molecule has 206 valence electrons. The lowest BCUT2D eigenvalue weighted by molar-refractivity contribution is -0.155. The summed E-state index contributed by atoms with van der Waals surface area (Å²) in [6.07, 6.45) is 0.783. The number of carbonyl (C=O) groups excluding carboxylic acids is 1. The van der Waals surface area contributed by atoms with Crippen molar-refractivity contribution in [3.05, 3.63) is 83.9 Å². The third-order valence-electron chi connectivity index (χ3n) is 7.89. The molecule has 2 aliphatic heterocycles. The van der Waals surface area contributed by atoms with Crippen molar-refractivity contribution in [2.45, 2.75) is 82.0 Å². The number of carbonyl (C=O) groups is 1. The molecule has 3 atom stereocenters. The molecule has 0 aliphatic carbocycles. The van der Waals surface area contributed by atoms with Crippen LogP contribution in [0.25, 0.3) is 11.1 Å². The van der Waals surface area contributed by atoms with Gasteiger partial charge in [0.2, 0.25) is 5.91 Å². The van der Waals surface area contributed by atoms with Gasteiger partial charge in [0, 0.05) is 11.5 Å². The maximum absolute atomic E-state index is 12.9. The van der Waals surface area contributed by atoms with E-state index < -0.39 is 27.6 Å². The highest BCUT2D eigenvalue weighted by Crippen LogP contribution is 2.51. The van der Waals surface area contributed by atoms with Crippen LogP contribution in [0.15, 0.2) is 77.7 Å². The van der Waals surface area contributed by atoms with E-state index in [0.29, 0.717) is 6.42 Å². The van der Waals surface area contributed by atoms with Crippen LogP contribution in [0.1, 0.15) is 71.1 Å². The van der Waals surface area contributed by atoms with Gasteiger partial charge >= 0.3 is 0 Å². The smallest absolute Gasteiger partial charge is 0.264 e.